The minimum atomic E-state index is -0.213. The summed E-state index contributed by atoms with van der Waals surface area (Å²) in [5, 5.41) is 11.0. The zero-order valence-electron chi connectivity index (χ0n) is 38.7. The van der Waals surface area contributed by atoms with E-state index >= 15 is 0 Å². The van der Waals surface area contributed by atoms with Gasteiger partial charge in [0.2, 0.25) is 0 Å². The highest BCUT2D eigenvalue weighted by Crippen LogP contribution is 2.26. The third kappa shape index (κ3) is 38.6. The van der Waals surface area contributed by atoms with Gasteiger partial charge >= 0.3 is 0 Å². The lowest BCUT2D eigenvalue weighted by molar-refractivity contribution is -0.119. The molecule has 0 saturated carbocycles. The quantitative estimate of drug-likeness (QED) is 0.0495. The molecule has 0 heterocycles. The van der Waals surface area contributed by atoms with Gasteiger partial charge in [0.1, 0.15) is 5.78 Å². The number of rotatable bonds is 46. The Morgan fingerprint density at radius 1 is 0.418 bits per heavy atom. The van der Waals surface area contributed by atoms with Crippen LogP contribution in [0.25, 0.3) is 0 Å². The van der Waals surface area contributed by atoms with Gasteiger partial charge in [-0.2, -0.15) is 0 Å². The molecule has 0 aromatic carbocycles. The molecule has 0 aliphatic heterocycles. The molecule has 0 aromatic heterocycles. The van der Waals surface area contributed by atoms with E-state index in [9.17, 15) is 9.90 Å². The Bertz CT molecular complexity index is 794. The Morgan fingerprint density at radius 3 is 1.36 bits per heavy atom. The molecule has 0 aromatic rings. The number of aliphatic hydroxyl groups is 1. The number of hydrogen-bond acceptors (Lipinski definition) is 3. The zero-order chi connectivity index (χ0) is 40.5. The van der Waals surface area contributed by atoms with E-state index in [1.165, 1.54) is 205 Å². The molecular weight excluding hydrogens is 671 g/mol. The van der Waals surface area contributed by atoms with E-state index in [4.69, 9.17) is 0 Å². The minimum Gasteiger partial charge on any atom is -0.392 e. The van der Waals surface area contributed by atoms with Crippen LogP contribution in [0.2, 0.25) is 0 Å². The van der Waals surface area contributed by atoms with Gasteiger partial charge in [-0.15, -0.1) is 0 Å². The van der Waals surface area contributed by atoms with Crippen LogP contribution in [0.4, 0.5) is 0 Å². The van der Waals surface area contributed by atoms with Gasteiger partial charge in [0, 0.05) is 19.4 Å². The van der Waals surface area contributed by atoms with Crippen LogP contribution >= 0.6 is 0 Å². The Labute approximate surface area is 347 Å². The van der Waals surface area contributed by atoms with Crippen molar-refractivity contribution in [3.05, 3.63) is 12.2 Å². The molecule has 328 valence electrons. The topological polar surface area (TPSA) is 40.5 Å². The third-order valence-corrected chi connectivity index (χ3v) is 12.6. The number of carbonyl (C=O) groups is 1. The standard InChI is InChI=1S/C52H103NO2/c1-7-12-17-21-26-39-50(37-24-15-10-4)40-32-35-48(6)34-28-29-43-52(55)47-53(45-30-19-14-9-3)46-31-23-20-22-27-42-51(54)44-33-41-49(36-16-11-5)38-25-18-13-8-2/h49-50,52,55H,6-47H2,1-5H3. The first-order valence-corrected chi connectivity index (χ1v) is 25.5. The number of aliphatic hydroxyl groups excluding tert-OH is 1. The Morgan fingerprint density at radius 2 is 0.764 bits per heavy atom. The first-order valence-electron chi connectivity index (χ1n) is 25.5. The summed E-state index contributed by atoms with van der Waals surface area (Å²) >= 11 is 0. The molecule has 0 bridgehead atoms. The van der Waals surface area contributed by atoms with Crippen molar-refractivity contribution in [2.24, 2.45) is 11.8 Å². The summed E-state index contributed by atoms with van der Waals surface area (Å²) in [4.78, 5) is 15.2. The van der Waals surface area contributed by atoms with Crippen LogP contribution in [0.15, 0.2) is 12.2 Å². The van der Waals surface area contributed by atoms with Crippen molar-refractivity contribution in [3.8, 4) is 0 Å². The van der Waals surface area contributed by atoms with Gasteiger partial charge < -0.3 is 10.0 Å². The Kier molecular flexibility index (Phi) is 42.4. The third-order valence-electron chi connectivity index (χ3n) is 12.6. The monoisotopic (exact) mass is 774 g/mol. The molecule has 3 heteroatoms. The fourth-order valence-electron chi connectivity index (χ4n) is 8.81. The molecule has 0 aliphatic rings. The van der Waals surface area contributed by atoms with Crippen LogP contribution in [0.3, 0.4) is 0 Å². The second-order valence-electron chi connectivity index (χ2n) is 18.3. The zero-order valence-corrected chi connectivity index (χ0v) is 38.7. The highest BCUT2D eigenvalue weighted by molar-refractivity contribution is 5.78. The van der Waals surface area contributed by atoms with Gasteiger partial charge in [-0.1, -0.05) is 220 Å². The van der Waals surface area contributed by atoms with Crippen molar-refractivity contribution in [1.29, 1.82) is 0 Å². The molecule has 3 nitrogen and oxygen atoms in total. The molecule has 0 radical (unpaired) electrons. The average molecular weight is 774 g/mol. The summed E-state index contributed by atoms with van der Waals surface area (Å²) in [6.07, 6.45) is 47.9. The van der Waals surface area contributed by atoms with E-state index in [2.05, 4.69) is 46.1 Å². The van der Waals surface area contributed by atoms with E-state index in [1.54, 1.807) is 0 Å². The first kappa shape index (κ1) is 54.3. The largest absolute Gasteiger partial charge is 0.392 e. The second kappa shape index (κ2) is 42.9. The SMILES string of the molecule is C=C(CCCCC(O)CN(CCCCCC)CCCCCCCC(=O)CCCC(CCCC)CCCCCC)CCCC(CCCCC)CCCCCCC. The van der Waals surface area contributed by atoms with Crippen LogP contribution < -0.4 is 0 Å². The lowest BCUT2D eigenvalue weighted by Crippen LogP contribution is -2.34. The second-order valence-corrected chi connectivity index (χ2v) is 18.3. The predicted octanol–water partition coefficient (Wildman–Crippen LogP) is 16.9. The highest BCUT2D eigenvalue weighted by Gasteiger charge is 2.14. The minimum absolute atomic E-state index is 0.213. The van der Waals surface area contributed by atoms with Gasteiger partial charge in [0.25, 0.3) is 0 Å². The van der Waals surface area contributed by atoms with Crippen LogP contribution in [-0.2, 0) is 4.79 Å². The molecule has 1 N–H and O–H groups in total. The summed E-state index contributed by atoms with van der Waals surface area (Å²) in [5.74, 6) is 2.27. The number of allylic oxidation sites excluding steroid dienone is 1. The van der Waals surface area contributed by atoms with Crippen molar-refractivity contribution < 1.29 is 9.90 Å². The summed E-state index contributed by atoms with van der Waals surface area (Å²) in [6.45, 7) is 19.0. The number of ketones is 1. The van der Waals surface area contributed by atoms with Gasteiger partial charge in [0.05, 0.1) is 6.10 Å². The molecule has 0 amide bonds. The van der Waals surface area contributed by atoms with Crippen LogP contribution in [0, 0.1) is 11.8 Å². The van der Waals surface area contributed by atoms with Crippen molar-refractivity contribution >= 4 is 5.78 Å². The fourth-order valence-corrected chi connectivity index (χ4v) is 8.81. The molecule has 0 saturated heterocycles. The van der Waals surface area contributed by atoms with Crippen molar-refractivity contribution in [2.75, 3.05) is 19.6 Å². The maximum Gasteiger partial charge on any atom is 0.132 e. The lowest BCUT2D eigenvalue weighted by atomic mass is 9.89. The van der Waals surface area contributed by atoms with E-state index in [1.807, 2.05) is 0 Å². The van der Waals surface area contributed by atoms with E-state index in [0.29, 0.717) is 5.78 Å². The van der Waals surface area contributed by atoms with Crippen molar-refractivity contribution in [1.82, 2.24) is 4.90 Å². The number of nitrogens with zero attached hydrogens (tertiary/aromatic N) is 1. The molecule has 0 aliphatic carbocycles. The summed E-state index contributed by atoms with van der Waals surface area (Å²) in [5.41, 5.74) is 1.44. The van der Waals surface area contributed by atoms with Crippen LogP contribution in [0.5, 0.6) is 0 Å². The number of Topliss-reactive ketones (excluding diaryl/α,β-unsaturated/α-hetero) is 1. The van der Waals surface area contributed by atoms with Crippen molar-refractivity contribution in [2.45, 2.75) is 285 Å². The fraction of sp³-hybridized carbons (Fsp3) is 0.942. The number of unbranched alkanes of at least 4 members (excludes halogenated alkanes) is 18. The lowest BCUT2D eigenvalue weighted by Gasteiger charge is -2.25. The normalized spacial score (nSPS) is 13.4. The van der Waals surface area contributed by atoms with E-state index in [-0.39, 0.29) is 6.10 Å². The number of hydrogen-bond donors (Lipinski definition) is 1. The van der Waals surface area contributed by atoms with Gasteiger partial charge in [-0.3, -0.25) is 4.79 Å². The molecule has 0 spiro atoms. The number of carbonyl (C=O) groups excluding carboxylic acids is 1. The maximum absolute atomic E-state index is 12.6. The molecule has 55 heavy (non-hydrogen) atoms. The Hall–Kier alpha value is -0.670. The van der Waals surface area contributed by atoms with Crippen LogP contribution in [-0.4, -0.2) is 41.5 Å². The first-order chi connectivity index (χ1) is 26.9. The van der Waals surface area contributed by atoms with E-state index in [0.717, 1.165) is 76.4 Å². The van der Waals surface area contributed by atoms with Gasteiger partial charge in [0.15, 0.2) is 0 Å². The predicted molar refractivity (Wildman–Crippen MR) is 247 cm³/mol. The highest BCUT2D eigenvalue weighted by atomic mass is 16.3. The molecular formula is C52H103NO2. The van der Waals surface area contributed by atoms with Crippen molar-refractivity contribution in [3.63, 3.8) is 0 Å². The molecule has 0 fully saturated rings. The smallest absolute Gasteiger partial charge is 0.132 e. The van der Waals surface area contributed by atoms with Gasteiger partial charge in [-0.05, 0) is 82.7 Å². The van der Waals surface area contributed by atoms with E-state index < -0.39 is 0 Å². The summed E-state index contributed by atoms with van der Waals surface area (Å²) in [6, 6.07) is 0. The average Bonchev–Trinajstić information content (AvgIpc) is 3.17. The molecule has 3 atom stereocenters. The Balaban J connectivity index is 4.29. The maximum atomic E-state index is 12.6. The molecule has 3 unspecified atom stereocenters. The van der Waals surface area contributed by atoms with Crippen LogP contribution in [0.1, 0.15) is 279 Å². The summed E-state index contributed by atoms with van der Waals surface area (Å²) in [7, 11) is 0. The van der Waals surface area contributed by atoms with Gasteiger partial charge in [-0.25, -0.2) is 0 Å². The summed E-state index contributed by atoms with van der Waals surface area (Å²) < 4.78 is 0. The molecule has 0 rings (SSSR count).